The average Bonchev–Trinajstić information content (AvgIpc) is 2.84. The second-order valence-electron chi connectivity index (χ2n) is 6.25. The number of H-pyrrole nitrogens is 1. The molecular formula is C13H17N7O2. The molecule has 9 heteroatoms. The highest BCUT2D eigenvalue weighted by molar-refractivity contribution is 6.10. The van der Waals surface area contributed by atoms with Gasteiger partial charge < -0.3 is 15.7 Å². The summed E-state index contributed by atoms with van der Waals surface area (Å²) < 4.78 is 0. The zero-order valence-corrected chi connectivity index (χ0v) is 12.4. The minimum atomic E-state index is -0.879. The molecule has 2 unspecified atom stereocenters. The number of piperidine rings is 1. The molecule has 9 nitrogen and oxygen atoms in total. The van der Waals surface area contributed by atoms with Gasteiger partial charge in [-0.2, -0.15) is 15.1 Å². The topological polar surface area (TPSA) is 124 Å². The monoisotopic (exact) mass is 303 g/mol. The molecule has 4 N–H and O–H groups in total. The third-order valence-corrected chi connectivity index (χ3v) is 4.45. The van der Waals surface area contributed by atoms with Crippen LogP contribution in [0.4, 0.5) is 17.6 Å². The average molecular weight is 303 g/mol. The van der Waals surface area contributed by atoms with Crippen molar-refractivity contribution in [2.45, 2.75) is 31.4 Å². The third kappa shape index (κ3) is 1.68. The Balaban J connectivity index is 2.00. The van der Waals surface area contributed by atoms with E-state index in [1.54, 1.807) is 14.0 Å². The summed E-state index contributed by atoms with van der Waals surface area (Å²) in [5.74, 6) is 1.08. The van der Waals surface area contributed by atoms with Crippen LogP contribution in [0.1, 0.15) is 19.8 Å². The first-order valence-electron chi connectivity index (χ1n) is 7.15. The number of nitrogens with two attached hydrogens (primary N) is 1. The first kappa shape index (κ1) is 13.3. The van der Waals surface area contributed by atoms with Crippen LogP contribution < -0.4 is 15.5 Å². The fraction of sp³-hybridized carbons (Fsp3) is 0.538. The Hall–Kier alpha value is -2.42. The second-order valence-corrected chi connectivity index (χ2v) is 6.25. The number of carbonyl (C=O) groups is 1. The highest BCUT2D eigenvalue weighted by Gasteiger charge is 2.44. The molecule has 2 atom stereocenters. The van der Waals surface area contributed by atoms with Crippen molar-refractivity contribution in [2.75, 3.05) is 29.1 Å². The maximum Gasteiger partial charge on any atom is 0.250 e. The molecule has 2 aromatic heterocycles. The zero-order valence-electron chi connectivity index (χ0n) is 12.4. The van der Waals surface area contributed by atoms with Crippen molar-refractivity contribution in [2.24, 2.45) is 0 Å². The van der Waals surface area contributed by atoms with E-state index in [1.807, 2.05) is 4.90 Å². The van der Waals surface area contributed by atoms with Crippen molar-refractivity contribution in [1.29, 1.82) is 0 Å². The highest BCUT2D eigenvalue weighted by atomic mass is 16.3. The maximum absolute atomic E-state index is 12.8. The number of aromatic amines is 1. The van der Waals surface area contributed by atoms with Gasteiger partial charge in [-0.3, -0.25) is 14.8 Å². The van der Waals surface area contributed by atoms with E-state index >= 15 is 0 Å². The molecule has 22 heavy (non-hydrogen) atoms. The minimum absolute atomic E-state index is 0.0690. The maximum atomic E-state index is 12.8. The van der Waals surface area contributed by atoms with Crippen LogP contribution in [0.15, 0.2) is 0 Å². The van der Waals surface area contributed by atoms with Crippen LogP contribution in [-0.2, 0) is 4.79 Å². The lowest BCUT2D eigenvalue weighted by atomic mass is 9.90. The molecule has 1 saturated heterocycles. The summed E-state index contributed by atoms with van der Waals surface area (Å²) in [4.78, 5) is 24.6. The molecule has 2 aliphatic heterocycles. The van der Waals surface area contributed by atoms with Gasteiger partial charge in [0.1, 0.15) is 17.2 Å². The van der Waals surface area contributed by atoms with Crippen LogP contribution >= 0.6 is 0 Å². The number of fused-ring (bicyclic) bond motifs is 2. The standard InChI is InChI=1S/C13H17N7O2/c1-13(22)4-3-6-11(21)19(2)10-7-8(17-18-10)15-12(14)16-9(7)20(6)5-13/h6,22H,3-5H2,1-2H3,(H3,14,15,16,17,18). The van der Waals surface area contributed by atoms with Crippen molar-refractivity contribution in [1.82, 2.24) is 20.2 Å². The van der Waals surface area contributed by atoms with E-state index in [2.05, 4.69) is 20.2 Å². The van der Waals surface area contributed by atoms with E-state index in [4.69, 9.17) is 5.73 Å². The van der Waals surface area contributed by atoms with Crippen LogP contribution in [0.5, 0.6) is 0 Å². The Kier molecular flexibility index (Phi) is 2.45. The summed E-state index contributed by atoms with van der Waals surface area (Å²) in [6.45, 7) is 2.08. The van der Waals surface area contributed by atoms with Crippen LogP contribution in [0, 0.1) is 0 Å². The number of carbonyl (C=O) groups excluding carboxylic acids is 1. The largest absolute Gasteiger partial charge is 0.388 e. The molecule has 2 aromatic rings. The van der Waals surface area contributed by atoms with Gasteiger partial charge in [-0.25, -0.2) is 0 Å². The van der Waals surface area contributed by atoms with E-state index in [9.17, 15) is 9.90 Å². The molecule has 2 aliphatic rings. The van der Waals surface area contributed by atoms with Crippen LogP contribution in [0.25, 0.3) is 11.0 Å². The lowest BCUT2D eigenvalue weighted by Crippen LogP contribution is -2.56. The van der Waals surface area contributed by atoms with Crippen LogP contribution in [0.2, 0.25) is 0 Å². The number of likely N-dealkylation sites (N-methyl/N-ethyl adjacent to an activating group) is 1. The molecule has 1 amide bonds. The summed E-state index contributed by atoms with van der Waals surface area (Å²) in [6.07, 6.45) is 1.11. The van der Waals surface area contributed by atoms with Gasteiger partial charge >= 0.3 is 0 Å². The molecule has 4 heterocycles. The Morgan fingerprint density at radius 2 is 2.18 bits per heavy atom. The van der Waals surface area contributed by atoms with Crippen LogP contribution in [0.3, 0.4) is 0 Å². The van der Waals surface area contributed by atoms with Crippen LogP contribution in [-0.4, -0.2) is 56.4 Å². The fourth-order valence-electron chi connectivity index (χ4n) is 3.33. The molecule has 0 aromatic carbocycles. The van der Waals surface area contributed by atoms with E-state index in [0.717, 1.165) is 0 Å². The number of hydrogen-bond acceptors (Lipinski definition) is 7. The Morgan fingerprint density at radius 1 is 1.41 bits per heavy atom. The molecule has 4 rings (SSSR count). The molecule has 0 aliphatic carbocycles. The Bertz CT molecular complexity index is 784. The summed E-state index contributed by atoms with van der Waals surface area (Å²) in [5.41, 5.74) is 5.40. The summed E-state index contributed by atoms with van der Waals surface area (Å²) in [7, 11) is 1.69. The number of nitrogens with zero attached hydrogens (tertiary/aromatic N) is 5. The molecule has 116 valence electrons. The quantitative estimate of drug-likeness (QED) is 0.606. The van der Waals surface area contributed by atoms with Gasteiger partial charge in [0, 0.05) is 13.6 Å². The van der Waals surface area contributed by atoms with Gasteiger partial charge in [0.15, 0.2) is 11.5 Å². The van der Waals surface area contributed by atoms with Gasteiger partial charge in [-0.1, -0.05) is 0 Å². The van der Waals surface area contributed by atoms with Crippen molar-refractivity contribution in [3.8, 4) is 0 Å². The summed E-state index contributed by atoms with van der Waals surface area (Å²) in [6, 6.07) is -0.378. The molecule has 0 saturated carbocycles. The smallest absolute Gasteiger partial charge is 0.250 e. The Labute approximate surface area is 126 Å². The predicted molar refractivity (Wildman–Crippen MR) is 80.5 cm³/mol. The van der Waals surface area contributed by atoms with E-state index in [0.29, 0.717) is 42.1 Å². The SMILES string of the molecule is CN1C(=O)C2CCC(C)(O)CN2c2nc(N)nc3[nH]nc1c23. The molecule has 0 spiro atoms. The predicted octanol–water partition coefficient (Wildman–Crippen LogP) is -0.369. The highest BCUT2D eigenvalue weighted by Crippen LogP contribution is 2.39. The fourth-order valence-corrected chi connectivity index (χ4v) is 3.33. The second kappa shape index (κ2) is 4.07. The first-order valence-corrected chi connectivity index (χ1v) is 7.15. The summed E-state index contributed by atoms with van der Waals surface area (Å²) in [5, 5.41) is 18.1. The lowest BCUT2D eigenvalue weighted by molar-refractivity contribution is -0.120. The van der Waals surface area contributed by atoms with Gasteiger partial charge in [-0.15, -0.1) is 0 Å². The van der Waals surface area contributed by atoms with E-state index in [1.165, 1.54) is 4.90 Å². The molecule has 0 radical (unpaired) electrons. The van der Waals surface area contributed by atoms with Crippen molar-refractivity contribution in [3.05, 3.63) is 0 Å². The van der Waals surface area contributed by atoms with Gasteiger partial charge in [0.2, 0.25) is 5.95 Å². The first-order chi connectivity index (χ1) is 10.4. The molecular weight excluding hydrogens is 286 g/mol. The number of aromatic nitrogens is 4. The van der Waals surface area contributed by atoms with Gasteiger partial charge in [-0.05, 0) is 19.8 Å². The number of hydrogen-bond donors (Lipinski definition) is 3. The Morgan fingerprint density at radius 3 is 2.95 bits per heavy atom. The molecule has 1 fully saturated rings. The van der Waals surface area contributed by atoms with Crippen molar-refractivity contribution < 1.29 is 9.90 Å². The number of amides is 1. The number of anilines is 3. The van der Waals surface area contributed by atoms with Gasteiger partial charge in [0.05, 0.1) is 5.60 Å². The van der Waals surface area contributed by atoms with E-state index < -0.39 is 5.60 Å². The summed E-state index contributed by atoms with van der Waals surface area (Å²) >= 11 is 0. The zero-order chi connectivity index (χ0) is 15.6. The van der Waals surface area contributed by atoms with Crippen molar-refractivity contribution >= 4 is 34.5 Å². The number of nitrogen functional groups attached to an aromatic ring is 1. The van der Waals surface area contributed by atoms with Gasteiger partial charge in [0.25, 0.3) is 5.91 Å². The molecule has 0 bridgehead atoms. The minimum Gasteiger partial charge on any atom is -0.388 e. The third-order valence-electron chi connectivity index (χ3n) is 4.45. The lowest BCUT2D eigenvalue weighted by Gasteiger charge is -2.42. The normalized spacial score (nSPS) is 28.0. The van der Waals surface area contributed by atoms with Crippen molar-refractivity contribution in [3.63, 3.8) is 0 Å². The van der Waals surface area contributed by atoms with E-state index in [-0.39, 0.29) is 17.9 Å². The number of aliphatic hydroxyl groups is 1. The number of nitrogens with one attached hydrogen (secondary N) is 1. The number of rotatable bonds is 0.